The highest BCUT2D eigenvalue weighted by atomic mass is 32.2. The quantitative estimate of drug-likeness (QED) is 0.411. The molecule has 2 aliphatic rings. The van der Waals surface area contributed by atoms with Crippen molar-refractivity contribution in [2.24, 2.45) is 16.7 Å². The van der Waals surface area contributed by atoms with Crippen molar-refractivity contribution >= 4 is 40.0 Å². The SMILES string of the molecule is CSCC(=O)Nc1nc2c(s1)C[C@@H]1[C@](C)(CO)[C@H](O)CC[C@@]1(C)[C@@H]2CC(=O)NCCN(C)C. The number of hydrogen-bond acceptors (Lipinski definition) is 8. The molecule has 1 heterocycles. The predicted octanol–water partition coefficient (Wildman–Crippen LogP) is 1.93. The Labute approximate surface area is 204 Å². The van der Waals surface area contributed by atoms with Gasteiger partial charge in [-0.2, -0.15) is 11.8 Å². The normalized spacial score (nSPS) is 31.1. The number of aliphatic hydroxyl groups excluding tert-OH is 2. The van der Waals surface area contributed by atoms with Crippen LogP contribution in [0.25, 0.3) is 0 Å². The van der Waals surface area contributed by atoms with Crippen LogP contribution in [0.15, 0.2) is 0 Å². The van der Waals surface area contributed by atoms with E-state index in [-0.39, 0.29) is 35.7 Å². The van der Waals surface area contributed by atoms with Gasteiger partial charge in [-0.25, -0.2) is 4.98 Å². The van der Waals surface area contributed by atoms with Gasteiger partial charge in [0.1, 0.15) is 0 Å². The molecule has 2 aliphatic carbocycles. The number of carbonyl (C=O) groups is 2. The van der Waals surface area contributed by atoms with E-state index in [0.29, 0.717) is 36.7 Å². The summed E-state index contributed by atoms with van der Waals surface area (Å²) in [5.74, 6) is 0.0996. The van der Waals surface area contributed by atoms with Gasteiger partial charge in [0.15, 0.2) is 5.13 Å². The Morgan fingerprint density at radius 2 is 2.03 bits per heavy atom. The Hall–Kier alpha value is -1.20. The van der Waals surface area contributed by atoms with Crippen molar-refractivity contribution < 1.29 is 19.8 Å². The molecule has 2 amide bonds. The molecule has 3 rings (SSSR count). The summed E-state index contributed by atoms with van der Waals surface area (Å²) >= 11 is 2.91. The van der Waals surface area contributed by atoms with Crippen LogP contribution in [0.1, 0.15) is 49.6 Å². The van der Waals surface area contributed by atoms with Crippen LogP contribution < -0.4 is 10.6 Å². The summed E-state index contributed by atoms with van der Waals surface area (Å²) in [6.07, 6.45) is 3.60. The zero-order valence-electron chi connectivity index (χ0n) is 20.3. The van der Waals surface area contributed by atoms with E-state index in [9.17, 15) is 19.8 Å². The third kappa shape index (κ3) is 5.40. The molecule has 0 radical (unpaired) electrons. The Bertz CT molecular complexity index is 864. The van der Waals surface area contributed by atoms with Crippen LogP contribution in [-0.4, -0.2) is 83.8 Å². The minimum atomic E-state index is -0.656. The van der Waals surface area contributed by atoms with Gasteiger partial charge in [0.2, 0.25) is 11.8 Å². The lowest BCUT2D eigenvalue weighted by Gasteiger charge is -2.58. The molecule has 0 aromatic carbocycles. The van der Waals surface area contributed by atoms with Crippen molar-refractivity contribution in [3.05, 3.63) is 10.6 Å². The topological polar surface area (TPSA) is 115 Å². The number of hydrogen-bond donors (Lipinski definition) is 4. The molecule has 1 fully saturated rings. The molecule has 4 N–H and O–H groups in total. The summed E-state index contributed by atoms with van der Waals surface area (Å²) in [6, 6.07) is 0. The second kappa shape index (κ2) is 10.6. The fraction of sp³-hybridized carbons (Fsp3) is 0.783. The third-order valence-electron chi connectivity index (χ3n) is 7.69. The van der Waals surface area contributed by atoms with E-state index in [2.05, 4.69) is 17.6 Å². The Morgan fingerprint density at radius 1 is 1.30 bits per heavy atom. The van der Waals surface area contributed by atoms with Gasteiger partial charge in [-0.05, 0) is 50.9 Å². The van der Waals surface area contributed by atoms with Crippen LogP contribution >= 0.6 is 23.1 Å². The van der Waals surface area contributed by atoms with E-state index in [1.165, 1.54) is 23.1 Å². The maximum atomic E-state index is 13.0. The average Bonchev–Trinajstić information content (AvgIpc) is 3.14. The first kappa shape index (κ1) is 26.4. The summed E-state index contributed by atoms with van der Waals surface area (Å²) in [5.41, 5.74) is -0.0639. The third-order valence-corrected chi connectivity index (χ3v) is 9.25. The van der Waals surface area contributed by atoms with Crippen LogP contribution in [0.2, 0.25) is 0 Å². The first-order valence-electron chi connectivity index (χ1n) is 11.5. The molecule has 8 nitrogen and oxygen atoms in total. The van der Waals surface area contributed by atoms with E-state index in [1.807, 2.05) is 32.2 Å². The fourth-order valence-corrected chi connectivity index (χ4v) is 7.08. The van der Waals surface area contributed by atoms with Crippen molar-refractivity contribution in [1.82, 2.24) is 15.2 Å². The van der Waals surface area contributed by atoms with E-state index in [4.69, 9.17) is 4.98 Å². The van der Waals surface area contributed by atoms with E-state index < -0.39 is 11.5 Å². The standard InChI is InChI=1S/C23H38N4O4S2/c1-22-7-6-17(29)23(2,13-28)16(22)11-15-20(26-21(33-15)25-19(31)12-32-5)14(22)10-18(30)24-8-9-27(3)4/h14,16-17,28-29H,6-13H2,1-5H3,(H,24,30)(H,25,26,31)/t14-,16+,17-,22+,23+/m1/s1. The van der Waals surface area contributed by atoms with Gasteiger partial charge < -0.3 is 25.7 Å². The Kier molecular flexibility index (Phi) is 8.48. The molecule has 186 valence electrons. The van der Waals surface area contributed by atoms with E-state index in [0.717, 1.165) is 23.5 Å². The van der Waals surface area contributed by atoms with Crippen molar-refractivity contribution in [3.8, 4) is 0 Å². The smallest absolute Gasteiger partial charge is 0.236 e. The number of likely N-dealkylation sites (N-methyl/N-ethyl adjacent to an activating group) is 1. The zero-order chi connectivity index (χ0) is 24.4. The number of thiazole rings is 1. The summed E-state index contributed by atoms with van der Waals surface area (Å²) in [4.78, 5) is 33.0. The molecule has 33 heavy (non-hydrogen) atoms. The molecular formula is C23H38N4O4S2. The van der Waals surface area contributed by atoms with Crippen LogP contribution in [0, 0.1) is 16.7 Å². The molecule has 5 atom stereocenters. The molecule has 0 aliphatic heterocycles. The number of carbonyl (C=O) groups excluding carboxylic acids is 2. The number of anilines is 1. The van der Waals surface area contributed by atoms with Crippen LogP contribution in [0.4, 0.5) is 5.13 Å². The largest absolute Gasteiger partial charge is 0.396 e. The van der Waals surface area contributed by atoms with E-state index >= 15 is 0 Å². The average molecular weight is 499 g/mol. The number of amides is 2. The molecule has 1 aromatic heterocycles. The Balaban J connectivity index is 1.94. The summed E-state index contributed by atoms with van der Waals surface area (Å²) in [7, 11) is 3.94. The van der Waals surface area contributed by atoms with Gasteiger partial charge in [-0.1, -0.05) is 13.8 Å². The monoisotopic (exact) mass is 498 g/mol. The Morgan fingerprint density at radius 3 is 2.67 bits per heavy atom. The number of fused-ring (bicyclic) bond motifs is 2. The van der Waals surface area contributed by atoms with E-state index in [1.54, 1.807) is 0 Å². The minimum absolute atomic E-state index is 0.000948. The number of thioether (sulfide) groups is 1. The highest BCUT2D eigenvalue weighted by Crippen LogP contribution is 2.62. The van der Waals surface area contributed by atoms with Gasteiger partial charge >= 0.3 is 0 Å². The van der Waals surface area contributed by atoms with Gasteiger partial charge in [0, 0.05) is 35.7 Å². The highest BCUT2D eigenvalue weighted by Gasteiger charge is 2.59. The fourth-order valence-electron chi connectivity index (χ4n) is 5.66. The molecule has 0 saturated heterocycles. The second-order valence-corrected chi connectivity index (χ2v) is 12.1. The molecule has 0 spiro atoms. The molecule has 10 heteroatoms. The maximum absolute atomic E-state index is 13.0. The maximum Gasteiger partial charge on any atom is 0.236 e. The van der Waals surface area contributed by atoms with Gasteiger partial charge in [-0.3, -0.25) is 9.59 Å². The summed E-state index contributed by atoms with van der Waals surface area (Å²) in [5, 5.41) is 27.6. The summed E-state index contributed by atoms with van der Waals surface area (Å²) in [6.45, 7) is 5.37. The van der Waals surface area contributed by atoms with Gasteiger partial charge in [-0.15, -0.1) is 11.3 Å². The highest BCUT2D eigenvalue weighted by molar-refractivity contribution is 7.99. The minimum Gasteiger partial charge on any atom is -0.396 e. The number of aromatic nitrogens is 1. The van der Waals surface area contributed by atoms with Crippen molar-refractivity contribution in [1.29, 1.82) is 0 Å². The van der Waals surface area contributed by atoms with Crippen LogP contribution in [0.3, 0.4) is 0 Å². The second-order valence-electron chi connectivity index (χ2n) is 10.2. The van der Waals surface area contributed by atoms with Gasteiger partial charge in [0.25, 0.3) is 0 Å². The first-order chi connectivity index (χ1) is 15.5. The summed E-state index contributed by atoms with van der Waals surface area (Å²) < 4.78 is 0. The van der Waals surface area contributed by atoms with Crippen molar-refractivity contribution in [2.75, 3.05) is 51.1 Å². The van der Waals surface area contributed by atoms with Crippen molar-refractivity contribution in [2.45, 2.75) is 51.6 Å². The molecule has 0 unspecified atom stereocenters. The first-order valence-corrected chi connectivity index (χ1v) is 13.7. The van der Waals surface area contributed by atoms with Crippen LogP contribution in [0.5, 0.6) is 0 Å². The molecular weight excluding hydrogens is 460 g/mol. The lowest BCUT2D eigenvalue weighted by atomic mass is 9.47. The number of aliphatic hydroxyl groups is 2. The lowest BCUT2D eigenvalue weighted by molar-refractivity contribution is -0.144. The van der Waals surface area contributed by atoms with Crippen molar-refractivity contribution in [3.63, 3.8) is 0 Å². The van der Waals surface area contributed by atoms with Crippen LogP contribution in [-0.2, 0) is 16.0 Å². The molecule has 0 bridgehead atoms. The molecule has 1 aromatic rings. The lowest BCUT2D eigenvalue weighted by Crippen LogP contribution is -2.57. The zero-order valence-corrected chi connectivity index (χ0v) is 21.9. The number of rotatable bonds is 9. The number of nitrogens with zero attached hydrogens (tertiary/aromatic N) is 2. The van der Waals surface area contributed by atoms with Gasteiger partial charge in [0.05, 0.1) is 24.2 Å². The molecule has 1 saturated carbocycles. The predicted molar refractivity (Wildman–Crippen MR) is 134 cm³/mol. The number of nitrogens with one attached hydrogen (secondary N) is 2.